The predicted octanol–water partition coefficient (Wildman–Crippen LogP) is 0.471. The van der Waals surface area contributed by atoms with Gasteiger partial charge >= 0.3 is 6.03 Å². The molecule has 3 amide bonds. The molecule has 1 rings (SSSR count). The zero-order valence-electron chi connectivity index (χ0n) is 8.49. The molecule has 1 aliphatic heterocycles. The number of nitrogens with zero attached hydrogens (tertiary/aromatic N) is 1. The lowest BCUT2D eigenvalue weighted by molar-refractivity contribution is -0.121. The molecule has 0 aromatic carbocycles. The van der Waals surface area contributed by atoms with Crippen molar-refractivity contribution in [2.75, 3.05) is 6.54 Å². The number of primary amides is 1. The topological polar surface area (TPSA) is 75.4 Å². The van der Waals surface area contributed by atoms with Gasteiger partial charge in [0, 0.05) is 0 Å². The summed E-state index contributed by atoms with van der Waals surface area (Å²) in [4.78, 5) is 23.6. The molecule has 1 saturated heterocycles. The van der Waals surface area contributed by atoms with Gasteiger partial charge < -0.3 is 11.1 Å². The van der Waals surface area contributed by atoms with Crippen LogP contribution in [0, 0.1) is 0 Å². The fourth-order valence-electron chi connectivity index (χ4n) is 1.38. The summed E-state index contributed by atoms with van der Waals surface area (Å²) in [6, 6.07) is -0.645. The summed E-state index contributed by atoms with van der Waals surface area (Å²) in [6.45, 7) is 5.24. The van der Waals surface area contributed by atoms with Gasteiger partial charge in [-0.25, -0.2) is 4.79 Å². The van der Waals surface area contributed by atoms with Crippen LogP contribution in [0.4, 0.5) is 4.79 Å². The second-order valence-electron chi connectivity index (χ2n) is 2.96. The molecule has 0 saturated carbocycles. The molecule has 0 radical (unpaired) electrons. The highest BCUT2D eigenvalue weighted by atomic mass is 16.2. The lowest BCUT2D eigenvalue weighted by Gasteiger charge is -2.29. The Hall–Kier alpha value is -2.04. The molecule has 0 aromatic rings. The van der Waals surface area contributed by atoms with Crippen molar-refractivity contribution in [2.24, 2.45) is 5.73 Å². The molecule has 0 unspecified atom stereocenters. The van der Waals surface area contributed by atoms with E-state index in [1.165, 1.54) is 11.0 Å². The number of piperazine rings is 1. The van der Waals surface area contributed by atoms with Crippen LogP contribution in [0.15, 0.2) is 36.2 Å². The number of nitrogens with one attached hydrogen (secondary N) is 1. The second-order valence-corrected chi connectivity index (χ2v) is 2.96. The number of carbonyl (C=O) groups excluding carboxylic acids is 2. The van der Waals surface area contributed by atoms with Gasteiger partial charge in [-0.3, -0.25) is 9.69 Å². The van der Waals surface area contributed by atoms with E-state index in [1.54, 1.807) is 19.1 Å². The first-order chi connectivity index (χ1) is 7.10. The summed E-state index contributed by atoms with van der Waals surface area (Å²) in [5, 5.41) is 2.64. The number of allylic oxidation sites excluding steroid dienone is 3. The van der Waals surface area contributed by atoms with Crippen LogP contribution in [0.1, 0.15) is 6.92 Å². The summed E-state index contributed by atoms with van der Waals surface area (Å²) in [5.41, 5.74) is 6.28. The third-order valence-electron chi connectivity index (χ3n) is 1.97. The maximum atomic E-state index is 11.3. The Labute approximate surface area is 87.9 Å². The van der Waals surface area contributed by atoms with E-state index in [-0.39, 0.29) is 12.5 Å². The van der Waals surface area contributed by atoms with Gasteiger partial charge in [-0.2, -0.15) is 0 Å². The van der Waals surface area contributed by atoms with Crippen molar-refractivity contribution in [1.29, 1.82) is 0 Å². The van der Waals surface area contributed by atoms with Crippen LogP contribution in [-0.4, -0.2) is 23.4 Å². The highest BCUT2D eigenvalue weighted by Crippen LogP contribution is 2.17. The first-order valence-corrected chi connectivity index (χ1v) is 4.46. The van der Waals surface area contributed by atoms with E-state index in [4.69, 9.17) is 5.73 Å². The number of urea groups is 1. The first-order valence-electron chi connectivity index (χ1n) is 4.46. The Morgan fingerprint density at radius 2 is 2.33 bits per heavy atom. The summed E-state index contributed by atoms with van der Waals surface area (Å²) >= 11 is 0. The molecule has 1 fully saturated rings. The fourth-order valence-corrected chi connectivity index (χ4v) is 1.38. The number of hydrogen-bond acceptors (Lipinski definition) is 2. The molecule has 0 aliphatic carbocycles. The molecule has 80 valence electrons. The maximum Gasteiger partial charge on any atom is 0.319 e. The van der Waals surface area contributed by atoms with Crippen LogP contribution in [0.2, 0.25) is 0 Å². The molecule has 1 heterocycles. The molecular weight excluding hydrogens is 194 g/mol. The Morgan fingerprint density at radius 3 is 2.80 bits per heavy atom. The molecule has 15 heavy (non-hydrogen) atoms. The molecule has 0 atom stereocenters. The summed E-state index contributed by atoms with van der Waals surface area (Å²) in [5.74, 6) is -0.271. The van der Waals surface area contributed by atoms with Gasteiger partial charge in [0.15, 0.2) is 0 Å². The smallest absolute Gasteiger partial charge is 0.319 e. The van der Waals surface area contributed by atoms with Crippen LogP contribution in [0.25, 0.3) is 0 Å². The van der Waals surface area contributed by atoms with Crippen LogP contribution in [0.5, 0.6) is 0 Å². The Morgan fingerprint density at radius 1 is 1.67 bits per heavy atom. The lowest BCUT2D eigenvalue weighted by atomic mass is 10.2. The molecule has 3 N–H and O–H groups in total. The summed E-state index contributed by atoms with van der Waals surface area (Å²) in [6.07, 6.45) is 4.85. The molecular formula is C10H13N3O2. The molecule has 0 spiro atoms. The van der Waals surface area contributed by atoms with Crippen molar-refractivity contribution >= 4 is 11.9 Å². The highest BCUT2D eigenvalue weighted by Gasteiger charge is 2.26. The van der Waals surface area contributed by atoms with E-state index in [1.807, 2.05) is 0 Å². The molecule has 0 aromatic heterocycles. The van der Waals surface area contributed by atoms with Gasteiger partial charge in [-0.1, -0.05) is 18.7 Å². The van der Waals surface area contributed by atoms with Crippen molar-refractivity contribution in [3.63, 3.8) is 0 Å². The molecule has 5 nitrogen and oxygen atoms in total. The SMILES string of the molecule is C=C/C=C1/NC(=O)CN(C(N)=O)/C1=C/C. The minimum Gasteiger partial charge on any atom is -0.351 e. The molecule has 0 bridgehead atoms. The van der Waals surface area contributed by atoms with E-state index in [2.05, 4.69) is 11.9 Å². The number of carbonyl (C=O) groups is 2. The van der Waals surface area contributed by atoms with Crippen LogP contribution in [0.3, 0.4) is 0 Å². The number of hydrogen-bond donors (Lipinski definition) is 2. The van der Waals surface area contributed by atoms with E-state index in [0.29, 0.717) is 11.4 Å². The number of amides is 3. The standard InChI is InChI=1S/C10H13N3O2/c1-3-5-7-8(4-2)13(10(11)15)6-9(14)12-7/h3-5H,1,6H2,2H3,(H2,11,15)(H,12,14)/b7-5+,8-4+. The number of nitrogens with two attached hydrogens (primary N) is 1. The average Bonchev–Trinajstić information content (AvgIpc) is 2.17. The minimum atomic E-state index is -0.645. The lowest BCUT2D eigenvalue weighted by Crippen LogP contribution is -2.49. The van der Waals surface area contributed by atoms with Gasteiger partial charge in [-0.05, 0) is 13.0 Å². The van der Waals surface area contributed by atoms with Crippen molar-refractivity contribution in [3.05, 3.63) is 36.2 Å². The third kappa shape index (κ3) is 2.25. The minimum absolute atomic E-state index is 0.0521. The fraction of sp³-hybridized carbons (Fsp3) is 0.200. The number of rotatable bonds is 1. The zero-order valence-corrected chi connectivity index (χ0v) is 8.49. The summed E-state index contributed by atoms with van der Waals surface area (Å²) < 4.78 is 0. The zero-order chi connectivity index (χ0) is 11.4. The average molecular weight is 207 g/mol. The molecule has 1 aliphatic rings. The van der Waals surface area contributed by atoms with Crippen molar-refractivity contribution in [1.82, 2.24) is 10.2 Å². The van der Waals surface area contributed by atoms with Gasteiger partial charge in [0.2, 0.25) is 5.91 Å². The van der Waals surface area contributed by atoms with Crippen molar-refractivity contribution in [3.8, 4) is 0 Å². The predicted molar refractivity (Wildman–Crippen MR) is 56.5 cm³/mol. The van der Waals surface area contributed by atoms with Crippen LogP contribution >= 0.6 is 0 Å². The van der Waals surface area contributed by atoms with E-state index >= 15 is 0 Å². The largest absolute Gasteiger partial charge is 0.351 e. The molecule has 5 heteroatoms. The van der Waals surface area contributed by atoms with E-state index in [9.17, 15) is 9.59 Å². The van der Waals surface area contributed by atoms with Crippen LogP contribution < -0.4 is 11.1 Å². The quantitative estimate of drug-likeness (QED) is 0.655. The maximum absolute atomic E-state index is 11.3. The second kappa shape index (κ2) is 4.45. The first kappa shape index (κ1) is 11.0. The van der Waals surface area contributed by atoms with Crippen molar-refractivity contribution in [2.45, 2.75) is 6.92 Å². The summed E-state index contributed by atoms with van der Waals surface area (Å²) in [7, 11) is 0. The van der Waals surface area contributed by atoms with Gasteiger partial charge in [0.05, 0.1) is 11.4 Å². The van der Waals surface area contributed by atoms with Gasteiger partial charge in [-0.15, -0.1) is 0 Å². The highest BCUT2D eigenvalue weighted by molar-refractivity contribution is 5.89. The van der Waals surface area contributed by atoms with Gasteiger partial charge in [0.1, 0.15) is 6.54 Å². The monoisotopic (exact) mass is 207 g/mol. The van der Waals surface area contributed by atoms with Gasteiger partial charge in [0.25, 0.3) is 0 Å². The Kier molecular flexibility index (Phi) is 3.28. The van der Waals surface area contributed by atoms with E-state index in [0.717, 1.165) is 0 Å². The van der Waals surface area contributed by atoms with Crippen molar-refractivity contribution < 1.29 is 9.59 Å². The van der Waals surface area contributed by atoms with Crippen LogP contribution in [-0.2, 0) is 4.79 Å². The Bertz CT molecular complexity index is 369. The normalized spacial score (nSPS) is 21.7. The van der Waals surface area contributed by atoms with E-state index < -0.39 is 6.03 Å². The Balaban J connectivity index is 3.10. The third-order valence-corrected chi connectivity index (χ3v) is 1.97.